The molecule has 0 bridgehead atoms. The predicted molar refractivity (Wildman–Crippen MR) is 235 cm³/mol. The number of hydrogen-bond donors (Lipinski definition) is 0. The van der Waals surface area contributed by atoms with Crippen molar-refractivity contribution >= 4 is 53.9 Å². The Morgan fingerprint density at radius 2 is 1.34 bits per heavy atom. The zero-order chi connectivity index (χ0) is 42.8. The number of halogens is 3. The highest BCUT2D eigenvalue weighted by Gasteiger charge is 2.60. The van der Waals surface area contributed by atoms with Crippen LogP contribution >= 0.6 is 11.3 Å². The number of hydrogen-bond acceptors (Lipinski definition) is 7. The van der Waals surface area contributed by atoms with Crippen LogP contribution in [-0.4, -0.2) is 33.2 Å². The molecule has 0 saturated carbocycles. The molecule has 1 unspecified atom stereocenters. The zero-order valence-corrected chi connectivity index (χ0v) is 36.2. The average Bonchev–Trinajstić information content (AvgIpc) is 3.80. The van der Waals surface area contributed by atoms with E-state index < -0.39 is 42.6 Å². The number of nitriles is 3. The standard InChI is InChI=1S/C48H49F3N4O2SSi/c1-7-9-29-55(30-10-8-2)37-23-21-35(44(31-37)57-59(46(3,4)5,40-17-13-11-14-18-40)41-19-15-12-16-20-41)22-24-38-25-26-39(58-38)27-28-43-42(34-54)45(36(32-52)33-53)56-47(43,6)48(49,50)51/h11-28,31H,7-10,29-30H2,1-6H3. The largest absolute Gasteiger partial charge is 0.534 e. The highest BCUT2D eigenvalue weighted by Crippen LogP contribution is 2.49. The summed E-state index contributed by atoms with van der Waals surface area (Å²) >= 11 is 1.35. The van der Waals surface area contributed by atoms with Gasteiger partial charge in [-0.25, -0.2) is 0 Å². The number of thiophene rings is 1. The smallest absolute Gasteiger partial charge is 0.432 e. The summed E-state index contributed by atoms with van der Waals surface area (Å²) in [7, 11) is -3.02. The molecule has 0 spiro atoms. The molecular formula is C48H49F3N4O2SSi. The second-order valence-corrected chi connectivity index (χ2v) is 20.9. The minimum atomic E-state index is -4.94. The van der Waals surface area contributed by atoms with E-state index in [1.165, 1.54) is 35.6 Å². The molecular weight excluding hydrogens is 782 g/mol. The SMILES string of the molecule is CCCCN(CCCC)c1ccc(C=Cc2ccc(C=CC3=C(C#N)C(=C(C#N)C#N)OC3(C)C(F)(F)F)s2)c(O[Si](c2ccccc2)(c2ccccc2)C(C)(C)C)c1. The molecule has 304 valence electrons. The molecule has 0 N–H and O–H groups in total. The van der Waals surface area contributed by atoms with E-state index in [0.717, 1.165) is 77.9 Å². The maximum Gasteiger partial charge on any atom is 0.432 e. The summed E-state index contributed by atoms with van der Waals surface area (Å²) in [5.74, 6) is 0.0945. The van der Waals surface area contributed by atoms with E-state index in [0.29, 0.717) is 4.88 Å². The lowest BCUT2D eigenvalue weighted by molar-refractivity contribution is -0.236. The van der Waals surface area contributed by atoms with Crippen LogP contribution in [0.1, 0.15) is 82.5 Å². The number of benzene rings is 3. The molecule has 0 amide bonds. The van der Waals surface area contributed by atoms with Crippen molar-refractivity contribution < 1.29 is 22.3 Å². The fraction of sp³-hybridized carbons (Fsp3) is 0.312. The van der Waals surface area contributed by atoms with Crippen LogP contribution in [-0.2, 0) is 4.74 Å². The minimum absolute atomic E-state index is 0.277. The number of unbranched alkanes of at least 4 members (excludes halogenated alkanes) is 2. The molecule has 5 rings (SSSR count). The number of alkyl halides is 3. The molecule has 1 atom stereocenters. The van der Waals surface area contributed by atoms with Crippen molar-refractivity contribution in [3.63, 3.8) is 0 Å². The number of ether oxygens (including phenoxy) is 1. The van der Waals surface area contributed by atoms with Gasteiger partial charge in [-0.2, -0.15) is 29.0 Å². The van der Waals surface area contributed by atoms with Crippen molar-refractivity contribution in [3.8, 4) is 24.0 Å². The third-order valence-electron chi connectivity index (χ3n) is 10.5. The van der Waals surface area contributed by atoms with Crippen molar-refractivity contribution in [2.24, 2.45) is 0 Å². The molecule has 1 aliphatic rings. The Kier molecular flexibility index (Phi) is 14.2. The van der Waals surface area contributed by atoms with Gasteiger partial charge >= 0.3 is 14.5 Å². The second-order valence-electron chi connectivity index (χ2n) is 15.5. The third kappa shape index (κ3) is 9.41. The minimum Gasteiger partial charge on any atom is -0.534 e. The van der Waals surface area contributed by atoms with Gasteiger partial charge < -0.3 is 14.1 Å². The molecule has 59 heavy (non-hydrogen) atoms. The summed E-state index contributed by atoms with van der Waals surface area (Å²) in [5, 5.41) is 30.6. The number of nitrogens with zero attached hydrogens (tertiary/aromatic N) is 4. The van der Waals surface area contributed by atoms with Gasteiger partial charge in [0.25, 0.3) is 0 Å². The van der Waals surface area contributed by atoms with Crippen molar-refractivity contribution in [2.45, 2.75) is 84.0 Å². The van der Waals surface area contributed by atoms with E-state index in [-0.39, 0.29) is 5.04 Å². The van der Waals surface area contributed by atoms with E-state index in [9.17, 15) is 29.0 Å². The molecule has 0 fully saturated rings. The first kappa shape index (κ1) is 44.3. The lowest BCUT2D eigenvalue weighted by Gasteiger charge is -2.43. The summed E-state index contributed by atoms with van der Waals surface area (Å²) < 4.78 is 56.0. The lowest BCUT2D eigenvalue weighted by atomic mass is 9.92. The van der Waals surface area contributed by atoms with Gasteiger partial charge in [0, 0.05) is 45.7 Å². The number of anilines is 1. The Labute approximate surface area is 351 Å². The van der Waals surface area contributed by atoms with Crippen LogP contribution in [0.15, 0.2) is 120 Å². The molecule has 2 heterocycles. The summed E-state index contributed by atoms with van der Waals surface area (Å²) in [6, 6.07) is 35.9. The Balaban J connectivity index is 1.60. The van der Waals surface area contributed by atoms with Crippen LogP contribution < -0.4 is 19.7 Å². The van der Waals surface area contributed by atoms with Crippen molar-refractivity contribution in [3.05, 3.63) is 135 Å². The molecule has 4 aromatic rings. The van der Waals surface area contributed by atoms with Gasteiger partial charge in [0.05, 0.1) is 0 Å². The molecule has 0 aliphatic carbocycles. The molecule has 0 radical (unpaired) electrons. The fourth-order valence-electron chi connectivity index (χ4n) is 7.25. The van der Waals surface area contributed by atoms with Crippen LogP contribution in [0.2, 0.25) is 5.04 Å². The van der Waals surface area contributed by atoms with Gasteiger partial charge in [0.15, 0.2) is 11.3 Å². The van der Waals surface area contributed by atoms with Gasteiger partial charge in [-0.05, 0) is 77.7 Å². The second kappa shape index (κ2) is 18.8. The number of allylic oxidation sites excluding steroid dienone is 2. The molecule has 3 aromatic carbocycles. The average molecular weight is 831 g/mol. The van der Waals surface area contributed by atoms with Crippen LogP contribution in [0, 0.1) is 34.0 Å². The topological polar surface area (TPSA) is 93.1 Å². The Morgan fingerprint density at radius 3 is 1.81 bits per heavy atom. The summed E-state index contributed by atoms with van der Waals surface area (Å²) in [6.07, 6.45) is 6.02. The van der Waals surface area contributed by atoms with Crippen LogP contribution in [0.5, 0.6) is 5.75 Å². The quantitative estimate of drug-likeness (QED) is 0.0875. The van der Waals surface area contributed by atoms with Crippen LogP contribution in [0.25, 0.3) is 18.2 Å². The molecule has 6 nitrogen and oxygen atoms in total. The maximum atomic E-state index is 14.4. The fourth-order valence-corrected chi connectivity index (χ4v) is 12.5. The normalized spacial score (nSPS) is 15.9. The van der Waals surface area contributed by atoms with Gasteiger partial charge in [0.1, 0.15) is 29.5 Å². The van der Waals surface area contributed by atoms with Crippen LogP contribution in [0.4, 0.5) is 18.9 Å². The summed E-state index contributed by atoms with van der Waals surface area (Å²) in [4.78, 5) is 3.91. The molecule has 0 saturated heterocycles. The van der Waals surface area contributed by atoms with E-state index in [4.69, 9.17) is 9.16 Å². The highest BCUT2D eigenvalue weighted by atomic mass is 32.1. The van der Waals surface area contributed by atoms with E-state index in [1.54, 1.807) is 12.1 Å². The van der Waals surface area contributed by atoms with E-state index >= 15 is 0 Å². The summed E-state index contributed by atoms with van der Waals surface area (Å²) in [6.45, 7) is 13.8. The molecule has 1 aliphatic heterocycles. The Hall–Kier alpha value is -5.80. The number of rotatable bonds is 15. The van der Waals surface area contributed by atoms with E-state index in [2.05, 4.69) is 106 Å². The molecule has 1 aromatic heterocycles. The Bertz CT molecular complexity index is 2290. The van der Waals surface area contributed by atoms with Crippen molar-refractivity contribution in [1.29, 1.82) is 15.8 Å². The Morgan fingerprint density at radius 1 is 0.797 bits per heavy atom. The lowest BCUT2D eigenvalue weighted by Crippen LogP contribution is -2.68. The summed E-state index contributed by atoms with van der Waals surface area (Å²) in [5.41, 5.74) is -2.63. The molecule has 11 heteroatoms. The van der Waals surface area contributed by atoms with Gasteiger partial charge in [-0.1, -0.05) is 114 Å². The monoisotopic (exact) mass is 830 g/mol. The highest BCUT2D eigenvalue weighted by molar-refractivity contribution is 7.13. The first-order chi connectivity index (χ1) is 28.2. The maximum absolute atomic E-state index is 14.4. The van der Waals surface area contributed by atoms with Crippen molar-refractivity contribution in [1.82, 2.24) is 0 Å². The third-order valence-corrected chi connectivity index (χ3v) is 16.5. The first-order valence-electron chi connectivity index (χ1n) is 19.8. The van der Waals surface area contributed by atoms with Crippen LogP contribution in [0.3, 0.4) is 0 Å². The van der Waals surface area contributed by atoms with E-state index in [1.807, 2.05) is 30.4 Å². The predicted octanol–water partition coefficient (Wildman–Crippen LogP) is 11.7. The van der Waals surface area contributed by atoms with Gasteiger partial charge in [-0.15, -0.1) is 11.3 Å². The van der Waals surface area contributed by atoms with Crippen molar-refractivity contribution in [2.75, 3.05) is 18.0 Å². The van der Waals surface area contributed by atoms with Gasteiger partial charge in [-0.3, -0.25) is 0 Å². The van der Waals surface area contributed by atoms with Gasteiger partial charge in [0.2, 0.25) is 5.60 Å². The zero-order valence-electron chi connectivity index (χ0n) is 34.4. The first-order valence-corrected chi connectivity index (χ1v) is 22.5.